The number of nitrogens with zero attached hydrogens (tertiary/aromatic N) is 2. The maximum Gasteiger partial charge on any atom is 0.126 e. The van der Waals surface area contributed by atoms with Gasteiger partial charge in [-0.1, -0.05) is 27.7 Å². The Balaban J connectivity index is 2.50. The second-order valence-electron chi connectivity index (χ2n) is 6.57. The predicted octanol–water partition coefficient (Wildman–Crippen LogP) is 3.75. The second-order valence-corrected chi connectivity index (χ2v) is 6.57. The normalized spacial score (nSPS) is 13.3. The molecule has 21 heavy (non-hydrogen) atoms. The van der Waals surface area contributed by atoms with Gasteiger partial charge in [0.05, 0.1) is 24.2 Å². The molecule has 116 valence electrons. The minimum atomic E-state index is -0.0258. The van der Waals surface area contributed by atoms with E-state index in [4.69, 9.17) is 15.5 Å². The molecule has 0 aliphatic rings. The summed E-state index contributed by atoms with van der Waals surface area (Å²) >= 11 is 0. The number of methoxy groups -OCH3 is 1. The number of benzene rings is 1. The van der Waals surface area contributed by atoms with Crippen molar-refractivity contribution in [2.45, 2.75) is 46.7 Å². The molecule has 0 amide bonds. The Morgan fingerprint density at radius 2 is 1.90 bits per heavy atom. The van der Waals surface area contributed by atoms with Crippen LogP contribution in [0.1, 0.15) is 46.0 Å². The van der Waals surface area contributed by atoms with Gasteiger partial charge >= 0.3 is 0 Å². The van der Waals surface area contributed by atoms with Crippen LogP contribution in [0.2, 0.25) is 0 Å². The van der Waals surface area contributed by atoms with Gasteiger partial charge in [-0.05, 0) is 30.4 Å². The summed E-state index contributed by atoms with van der Waals surface area (Å²) in [6.45, 7) is 9.75. The van der Waals surface area contributed by atoms with E-state index in [1.165, 1.54) is 0 Å². The number of nitrogens with two attached hydrogens (primary N) is 1. The van der Waals surface area contributed by atoms with Crippen molar-refractivity contribution in [1.29, 1.82) is 0 Å². The van der Waals surface area contributed by atoms with Crippen LogP contribution >= 0.6 is 0 Å². The van der Waals surface area contributed by atoms with Crippen LogP contribution in [0.5, 0.6) is 5.75 Å². The van der Waals surface area contributed by atoms with Crippen LogP contribution in [0.25, 0.3) is 11.0 Å². The molecule has 0 saturated carbocycles. The molecule has 2 N–H and O–H groups in total. The number of ether oxygens (including phenoxy) is 1. The van der Waals surface area contributed by atoms with Crippen molar-refractivity contribution < 1.29 is 4.74 Å². The first kappa shape index (κ1) is 15.8. The molecule has 4 heteroatoms. The van der Waals surface area contributed by atoms with Crippen LogP contribution in [0.15, 0.2) is 18.2 Å². The molecule has 1 unspecified atom stereocenters. The highest BCUT2D eigenvalue weighted by atomic mass is 16.5. The van der Waals surface area contributed by atoms with E-state index in [-0.39, 0.29) is 6.04 Å². The standard InChI is InChI=1S/C17H27N3O/c1-11(2)8-14(18)17-19-15-9-13(21-5)6-7-16(15)20(17)10-12(3)4/h6-7,9,11-12,14H,8,10,18H2,1-5H3. The molecule has 0 radical (unpaired) electrons. The molecule has 0 fully saturated rings. The first-order chi connectivity index (χ1) is 9.92. The molecule has 1 atom stereocenters. The first-order valence-corrected chi connectivity index (χ1v) is 7.72. The lowest BCUT2D eigenvalue weighted by atomic mass is 10.0. The second kappa shape index (κ2) is 6.48. The lowest BCUT2D eigenvalue weighted by molar-refractivity contribution is 0.415. The minimum absolute atomic E-state index is 0.0258. The summed E-state index contributed by atoms with van der Waals surface area (Å²) in [4.78, 5) is 4.79. The molecule has 1 aromatic carbocycles. The van der Waals surface area contributed by atoms with E-state index in [0.29, 0.717) is 11.8 Å². The van der Waals surface area contributed by atoms with Crippen molar-refractivity contribution in [2.75, 3.05) is 7.11 Å². The quantitative estimate of drug-likeness (QED) is 0.881. The van der Waals surface area contributed by atoms with E-state index in [0.717, 1.165) is 35.6 Å². The van der Waals surface area contributed by atoms with E-state index >= 15 is 0 Å². The van der Waals surface area contributed by atoms with Gasteiger partial charge in [-0.25, -0.2) is 4.98 Å². The van der Waals surface area contributed by atoms with Crippen LogP contribution in [-0.2, 0) is 6.54 Å². The zero-order chi connectivity index (χ0) is 15.6. The maximum atomic E-state index is 6.39. The number of hydrogen-bond donors (Lipinski definition) is 1. The average molecular weight is 289 g/mol. The monoisotopic (exact) mass is 289 g/mol. The van der Waals surface area contributed by atoms with E-state index in [1.54, 1.807) is 7.11 Å². The fraction of sp³-hybridized carbons (Fsp3) is 0.588. The van der Waals surface area contributed by atoms with E-state index < -0.39 is 0 Å². The predicted molar refractivity (Wildman–Crippen MR) is 87.5 cm³/mol. The molecular formula is C17H27N3O. The fourth-order valence-electron chi connectivity index (χ4n) is 2.71. The molecule has 2 aromatic rings. The highest BCUT2D eigenvalue weighted by Crippen LogP contribution is 2.27. The van der Waals surface area contributed by atoms with E-state index in [2.05, 4.69) is 38.3 Å². The number of fused-ring (bicyclic) bond motifs is 1. The summed E-state index contributed by atoms with van der Waals surface area (Å²) < 4.78 is 7.57. The van der Waals surface area contributed by atoms with Crippen molar-refractivity contribution in [2.24, 2.45) is 17.6 Å². The Bertz CT molecular complexity index is 601. The van der Waals surface area contributed by atoms with Crippen LogP contribution in [-0.4, -0.2) is 16.7 Å². The van der Waals surface area contributed by atoms with Gasteiger partial charge in [0, 0.05) is 12.6 Å². The zero-order valence-electron chi connectivity index (χ0n) is 13.8. The third kappa shape index (κ3) is 3.56. The highest BCUT2D eigenvalue weighted by Gasteiger charge is 2.19. The van der Waals surface area contributed by atoms with E-state index in [1.807, 2.05) is 12.1 Å². The van der Waals surface area contributed by atoms with E-state index in [9.17, 15) is 0 Å². The third-order valence-corrected chi connectivity index (χ3v) is 3.59. The SMILES string of the molecule is COc1ccc2c(c1)nc(C(N)CC(C)C)n2CC(C)C. The van der Waals surface area contributed by atoms with Crippen molar-refractivity contribution >= 4 is 11.0 Å². The molecular weight excluding hydrogens is 262 g/mol. The molecule has 0 aliphatic carbocycles. The Kier molecular flexibility index (Phi) is 4.88. The Hall–Kier alpha value is -1.55. The molecule has 0 bridgehead atoms. The Morgan fingerprint density at radius 3 is 2.48 bits per heavy atom. The number of rotatable bonds is 6. The molecule has 2 rings (SSSR count). The summed E-state index contributed by atoms with van der Waals surface area (Å²) in [5.74, 6) is 2.93. The maximum absolute atomic E-state index is 6.39. The van der Waals surface area contributed by atoms with Crippen LogP contribution in [0, 0.1) is 11.8 Å². The fourth-order valence-corrected chi connectivity index (χ4v) is 2.71. The average Bonchev–Trinajstić information content (AvgIpc) is 2.75. The number of imidazole rings is 1. The molecule has 0 saturated heterocycles. The lowest BCUT2D eigenvalue weighted by Gasteiger charge is -2.17. The van der Waals surface area contributed by atoms with Gasteiger partial charge in [0.1, 0.15) is 11.6 Å². The summed E-state index contributed by atoms with van der Waals surface area (Å²) in [6, 6.07) is 6.02. The molecule has 0 spiro atoms. The number of aromatic nitrogens is 2. The van der Waals surface area contributed by atoms with Crippen molar-refractivity contribution in [1.82, 2.24) is 9.55 Å². The third-order valence-electron chi connectivity index (χ3n) is 3.59. The van der Waals surface area contributed by atoms with Crippen molar-refractivity contribution in [3.63, 3.8) is 0 Å². The van der Waals surface area contributed by atoms with Gasteiger partial charge in [-0.15, -0.1) is 0 Å². The van der Waals surface area contributed by atoms with Crippen molar-refractivity contribution in [3.8, 4) is 5.75 Å². The first-order valence-electron chi connectivity index (χ1n) is 7.72. The van der Waals surface area contributed by atoms with Crippen molar-refractivity contribution in [3.05, 3.63) is 24.0 Å². The molecule has 4 nitrogen and oxygen atoms in total. The molecule has 0 aliphatic heterocycles. The van der Waals surface area contributed by atoms with Gasteiger partial charge in [0.15, 0.2) is 0 Å². The van der Waals surface area contributed by atoms with Gasteiger partial charge in [-0.3, -0.25) is 0 Å². The molecule has 1 aromatic heterocycles. The topological polar surface area (TPSA) is 53.1 Å². The molecule has 1 heterocycles. The van der Waals surface area contributed by atoms with Crippen LogP contribution < -0.4 is 10.5 Å². The van der Waals surface area contributed by atoms with Gasteiger partial charge in [-0.2, -0.15) is 0 Å². The Morgan fingerprint density at radius 1 is 1.19 bits per heavy atom. The smallest absolute Gasteiger partial charge is 0.126 e. The minimum Gasteiger partial charge on any atom is -0.497 e. The van der Waals surface area contributed by atoms with Gasteiger partial charge in [0.25, 0.3) is 0 Å². The Labute approximate surface area is 127 Å². The lowest BCUT2D eigenvalue weighted by Crippen LogP contribution is -2.20. The van der Waals surface area contributed by atoms with Gasteiger partial charge < -0.3 is 15.0 Å². The summed E-state index contributed by atoms with van der Waals surface area (Å²) in [6.07, 6.45) is 0.943. The van der Waals surface area contributed by atoms with Crippen LogP contribution in [0.3, 0.4) is 0 Å². The zero-order valence-corrected chi connectivity index (χ0v) is 13.8. The highest BCUT2D eigenvalue weighted by molar-refractivity contribution is 5.78. The van der Waals surface area contributed by atoms with Crippen LogP contribution in [0.4, 0.5) is 0 Å². The van der Waals surface area contributed by atoms with Gasteiger partial charge in [0.2, 0.25) is 0 Å². The summed E-state index contributed by atoms with van der Waals surface area (Å²) in [5.41, 5.74) is 8.49. The summed E-state index contributed by atoms with van der Waals surface area (Å²) in [5, 5.41) is 0. The number of hydrogen-bond acceptors (Lipinski definition) is 3. The largest absolute Gasteiger partial charge is 0.497 e. The summed E-state index contributed by atoms with van der Waals surface area (Å²) in [7, 11) is 1.68.